The average Bonchev–Trinajstić information content (AvgIpc) is 2.28. The third kappa shape index (κ3) is 2.90. The maximum Gasteiger partial charge on any atom is 0.328 e. The van der Waals surface area contributed by atoms with E-state index in [1.807, 2.05) is 0 Å². The molecule has 0 saturated carbocycles. The Balaban J connectivity index is 2.78. The maximum atomic E-state index is 11.7. The van der Waals surface area contributed by atoms with E-state index in [0.717, 1.165) is 0 Å². The molecule has 0 saturated heterocycles. The van der Waals surface area contributed by atoms with Gasteiger partial charge in [0.15, 0.2) is 0 Å². The molecule has 0 radical (unpaired) electrons. The lowest BCUT2D eigenvalue weighted by Crippen LogP contribution is -2.39. The molecule has 1 aromatic rings. The Labute approximate surface area is 97.8 Å². The number of esters is 1. The molecular formula is C10H12N2O3S. The van der Waals surface area contributed by atoms with Crippen molar-refractivity contribution in [3.63, 3.8) is 0 Å². The highest BCUT2D eigenvalue weighted by molar-refractivity contribution is 7.71. The number of amides is 1. The summed E-state index contributed by atoms with van der Waals surface area (Å²) in [6.07, 6.45) is 1.63. The van der Waals surface area contributed by atoms with Crippen molar-refractivity contribution < 1.29 is 14.3 Å². The van der Waals surface area contributed by atoms with Gasteiger partial charge >= 0.3 is 5.97 Å². The second-order valence-corrected chi connectivity index (χ2v) is 3.54. The molecule has 1 heterocycles. The van der Waals surface area contributed by atoms with E-state index in [2.05, 4.69) is 15.0 Å². The Hall–Kier alpha value is -1.69. The molecule has 2 N–H and O–H groups in total. The molecule has 0 aliphatic rings. The van der Waals surface area contributed by atoms with Crippen LogP contribution in [0.25, 0.3) is 0 Å². The largest absolute Gasteiger partial charge is 0.467 e. The highest BCUT2D eigenvalue weighted by atomic mass is 32.1. The molecular weight excluding hydrogens is 228 g/mol. The highest BCUT2D eigenvalue weighted by Gasteiger charge is 2.17. The van der Waals surface area contributed by atoms with Crippen molar-refractivity contribution >= 4 is 24.1 Å². The number of H-pyrrole nitrogens is 1. The van der Waals surface area contributed by atoms with Gasteiger partial charge < -0.3 is 15.0 Å². The maximum absolute atomic E-state index is 11.7. The van der Waals surface area contributed by atoms with Crippen LogP contribution in [-0.4, -0.2) is 30.0 Å². The summed E-state index contributed by atoms with van der Waals surface area (Å²) in [5.74, 6) is -0.904. The van der Waals surface area contributed by atoms with Crippen molar-refractivity contribution in [2.45, 2.75) is 13.0 Å². The first kappa shape index (κ1) is 12.4. The minimum Gasteiger partial charge on any atom is -0.467 e. The summed E-state index contributed by atoms with van der Waals surface area (Å²) in [5.41, 5.74) is 0.327. The van der Waals surface area contributed by atoms with Crippen molar-refractivity contribution in [1.82, 2.24) is 10.3 Å². The lowest BCUT2D eigenvalue weighted by Gasteiger charge is -2.11. The molecule has 0 bridgehead atoms. The molecule has 6 heteroatoms. The van der Waals surface area contributed by atoms with Gasteiger partial charge in [-0.15, -0.1) is 0 Å². The van der Waals surface area contributed by atoms with Gasteiger partial charge in [-0.1, -0.05) is 12.2 Å². The lowest BCUT2D eigenvalue weighted by atomic mass is 10.2. The molecule has 1 aromatic heterocycles. The van der Waals surface area contributed by atoms with Crippen LogP contribution >= 0.6 is 12.2 Å². The molecule has 0 spiro atoms. The monoisotopic (exact) mass is 240 g/mol. The van der Waals surface area contributed by atoms with Crippen molar-refractivity contribution in [2.24, 2.45) is 0 Å². The summed E-state index contributed by atoms with van der Waals surface area (Å²) in [7, 11) is 1.26. The van der Waals surface area contributed by atoms with Gasteiger partial charge in [0.05, 0.1) is 12.7 Å². The topological polar surface area (TPSA) is 71.2 Å². The van der Waals surface area contributed by atoms with Crippen molar-refractivity contribution in [2.75, 3.05) is 7.11 Å². The lowest BCUT2D eigenvalue weighted by molar-refractivity contribution is -0.142. The van der Waals surface area contributed by atoms with Gasteiger partial charge in [-0.2, -0.15) is 0 Å². The van der Waals surface area contributed by atoms with Crippen LogP contribution in [0.5, 0.6) is 0 Å². The number of methoxy groups -OCH3 is 1. The number of nitrogens with one attached hydrogen (secondary N) is 2. The summed E-state index contributed by atoms with van der Waals surface area (Å²) in [4.78, 5) is 25.5. The first-order valence-electron chi connectivity index (χ1n) is 4.62. The van der Waals surface area contributed by atoms with Crippen LogP contribution in [0.3, 0.4) is 0 Å². The summed E-state index contributed by atoms with van der Waals surface area (Å²) < 4.78 is 4.82. The number of aromatic amines is 1. The predicted octanol–water partition coefficient (Wildman–Crippen LogP) is 1.04. The van der Waals surface area contributed by atoms with Gasteiger partial charge in [-0.25, -0.2) is 4.79 Å². The molecule has 5 nitrogen and oxygen atoms in total. The van der Waals surface area contributed by atoms with Gasteiger partial charge in [0.25, 0.3) is 5.91 Å². The van der Waals surface area contributed by atoms with E-state index >= 15 is 0 Å². The SMILES string of the molecule is COC(=O)[C@@H](C)NC(=O)c1ccc[nH]c1=S. The Bertz CT molecular complexity index is 455. The number of pyridine rings is 1. The van der Waals surface area contributed by atoms with E-state index in [1.54, 1.807) is 25.3 Å². The minimum absolute atomic E-state index is 0.327. The number of carbonyl (C=O) groups excluding carboxylic acids is 2. The zero-order valence-electron chi connectivity index (χ0n) is 8.94. The molecule has 1 amide bonds. The minimum atomic E-state index is -0.702. The van der Waals surface area contributed by atoms with E-state index in [4.69, 9.17) is 12.2 Å². The fraction of sp³-hybridized carbons (Fsp3) is 0.300. The number of carbonyl (C=O) groups is 2. The van der Waals surface area contributed by atoms with Gasteiger partial charge in [-0.3, -0.25) is 4.79 Å². The number of ether oxygens (including phenoxy) is 1. The number of hydrogen-bond acceptors (Lipinski definition) is 4. The summed E-state index contributed by atoms with van der Waals surface area (Å²) >= 11 is 4.94. The number of aromatic nitrogens is 1. The summed E-state index contributed by atoms with van der Waals surface area (Å²) in [6, 6.07) is 2.54. The standard InChI is InChI=1S/C10H12N2O3S/c1-6(10(14)15-2)12-8(13)7-4-3-5-11-9(7)16/h3-6H,1-2H3,(H,11,16)(H,12,13)/t6-/m1/s1. The Kier molecular flexibility index (Phi) is 4.19. The molecule has 1 rings (SSSR count). The molecule has 0 fully saturated rings. The van der Waals surface area contributed by atoms with E-state index in [9.17, 15) is 9.59 Å². The Morgan fingerprint density at radius 2 is 2.25 bits per heavy atom. The zero-order valence-corrected chi connectivity index (χ0v) is 9.76. The van der Waals surface area contributed by atoms with Crippen molar-refractivity contribution in [3.05, 3.63) is 28.5 Å². The van der Waals surface area contributed by atoms with Crippen LogP contribution in [0.4, 0.5) is 0 Å². The molecule has 1 atom stereocenters. The average molecular weight is 240 g/mol. The van der Waals surface area contributed by atoms with Crippen LogP contribution in [0.2, 0.25) is 0 Å². The van der Waals surface area contributed by atoms with Crippen LogP contribution in [0.1, 0.15) is 17.3 Å². The predicted molar refractivity (Wildman–Crippen MR) is 60.6 cm³/mol. The van der Waals surface area contributed by atoms with E-state index in [-0.39, 0.29) is 0 Å². The van der Waals surface area contributed by atoms with Crippen LogP contribution in [-0.2, 0) is 9.53 Å². The van der Waals surface area contributed by atoms with E-state index < -0.39 is 17.9 Å². The van der Waals surface area contributed by atoms with Gasteiger partial charge in [0.1, 0.15) is 10.7 Å². The molecule has 0 unspecified atom stereocenters. The number of hydrogen-bond donors (Lipinski definition) is 2. The van der Waals surface area contributed by atoms with Crippen LogP contribution in [0, 0.1) is 4.64 Å². The van der Waals surface area contributed by atoms with E-state index in [1.165, 1.54) is 7.11 Å². The third-order valence-corrected chi connectivity index (χ3v) is 2.30. The molecule has 0 aromatic carbocycles. The van der Waals surface area contributed by atoms with Crippen molar-refractivity contribution in [3.8, 4) is 0 Å². The van der Waals surface area contributed by atoms with Crippen LogP contribution < -0.4 is 5.32 Å². The number of rotatable bonds is 3. The first-order chi connectivity index (χ1) is 7.56. The molecule has 0 aliphatic carbocycles. The molecule has 16 heavy (non-hydrogen) atoms. The Morgan fingerprint density at radius 3 is 2.81 bits per heavy atom. The van der Waals surface area contributed by atoms with Crippen molar-refractivity contribution in [1.29, 1.82) is 0 Å². The normalized spacial score (nSPS) is 11.6. The highest BCUT2D eigenvalue weighted by Crippen LogP contribution is 2.00. The third-order valence-electron chi connectivity index (χ3n) is 1.97. The Morgan fingerprint density at radius 1 is 1.56 bits per heavy atom. The second-order valence-electron chi connectivity index (χ2n) is 3.13. The van der Waals surface area contributed by atoms with Gasteiger partial charge in [0.2, 0.25) is 0 Å². The fourth-order valence-electron chi connectivity index (χ4n) is 1.11. The van der Waals surface area contributed by atoms with Gasteiger partial charge in [-0.05, 0) is 19.1 Å². The molecule has 0 aliphatic heterocycles. The quantitative estimate of drug-likeness (QED) is 0.611. The van der Waals surface area contributed by atoms with Gasteiger partial charge in [0, 0.05) is 6.20 Å². The second kappa shape index (κ2) is 5.41. The summed E-state index contributed by atoms with van der Waals surface area (Å²) in [6.45, 7) is 1.54. The smallest absolute Gasteiger partial charge is 0.328 e. The zero-order chi connectivity index (χ0) is 12.1. The fourth-order valence-corrected chi connectivity index (χ4v) is 1.34. The first-order valence-corrected chi connectivity index (χ1v) is 5.03. The molecule has 86 valence electrons. The van der Waals surface area contributed by atoms with Crippen LogP contribution in [0.15, 0.2) is 18.3 Å². The van der Waals surface area contributed by atoms with E-state index in [0.29, 0.717) is 10.2 Å². The summed E-state index contributed by atoms with van der Waals surface area (Å²) in [5, 5.41) is 2.49.